The van der Waals surface area contributed by atoms with Crippen LogP contribution in [-0.4, -0.2) is 0 Å². The van der Waals surface area contributed by atoms with Gasteiger partial charge in [0.05, 0.1) is 0 Å². The van der Waals surface area contributed by atoms with E-state index in [0.717, 1.165) is 0 Å². The Morgan fingerprint density at radius 3 is 3.00 bits per heavy atom. The summed E-state index contributed by atoms with van der Waals surface area (Å²) in [5.74, 6) is 0.591. The molecule has 0 heterocycles. The van der Waals surface area contributed by atoms with Crippen LogP contribution in [-0.2, 0) is 0 Å². The number of halogens is 1. The molecule has 1 aliphatic rings. The zero-order valence-electron chi connectivity index (χ0n) is 6.80. The van der Waals surface area contributed by atoms with Gasteiger partial charge in [0.15, 0.2) is 0 Å². The molecule has 0 fully saturated rings. The Labute approximate surface area is 73.9 Å². The molecule has 1 atom stereocenters. The van der Waals surface area contributed by atoms with Crippen LogP contribution in [0.1, 0.15) is 32.1 Å². The summed E-state index contributed by atoms with van der Waals surface area (Å²) < 4.78 is 0. The van der Waals surface area contributed by atoms with E-state index in [0.29, 0.717) is 5.92 Å². The molecule has 11 heavy (non-hydrogen) atoms. The highest BCUT2D eigenvalue weighted by molar-refractivity contribution is 6.25. The average Bonchev–Trinajstić information content (AvgIpc) is 1.94. The molecule has 0 nitrogen and oxygen atoms in total. The lowest BCUT2D eigenvalue weighted by Gasteiger charge is -2.09. The number of hydrogen-bond donors (Lipinski definition) is 0. The van der Waals surface area contributed by atoms with E-state index in [4.69, 9.17) is 11.6 Å². The molecular formula is C10H15Cl. The fraction of sp³-hybridized carbons (Fsp3) is 0.600. The van der Waals surface area contributed by atoms with E-state index in [9.17, 15) is 0 Å². The first kappa shape index (κ1) is 8.86. The molecule has 1 unspecified atom stereocenters. The van der Waals surface area contributed by atoms with Gasteiger partial charge in [-0.25, -0.2) is 0 Å². The smallest absolute Gasteiger partial charge is 0.000839 e. The lowest BCUT2D eigenvalue weighted by molar-refractivity contribution is 0.583. The molecule has 0 amide bonds. The van der Waals surface area contributed by atoms with E-state index in [1.807, 2.05) is 0 Å². The number of allylic oxidation sites excluding steroid dienone is 3. The summed E-state index contributed by atoms with van der Waals surface area (Å²) in [4.78, 5) is 0. The molecular weight excluding hydrogens is 156 g/mol. The standard InChI is InChI=1S/C10H15Cl/c11-9-8-10-6-4-2-1-3-5-7-10/h4,6,8-10H,1-3,5,7H2/b6-4-,9-8+. The minimum Gasteiger partial charge on any atom is -0.0933 e. The lowest BCUT2D eigenvalue weighted by Crippen LogP contribution is -1.94. The van der Waals surface area contributed by atoms with Crippen molar-refractivity contribution in [3.05, 3.63) is 23.8 Å². The Hall–Kier alpha value is -0.230. The van der Waals surface area contributed by atoms with Gasteiger partial charge in [0, 0.05) is 5.54 Å². The van der Waals surface area contributed by atoms with Crippen LogP contribution in [0.15, 0.2) is 23.8 Å². The minimum atomic E-state index is 0.591. The largest absolute Gasteiger partial charge is 0.0933 e. The van der Waals surface area contributed by atoms with Crippen molar-refractivity contribution in [2.75, 3.05) is 0 Å². The van der Waals surface area contributed by atoms with E-state index in [2.05, 4.69) is 18.2 Å². The van der Waals surface area contributed by atoms with Crippen molar-refractivity contribution in [3.63, 3.8) is 0 Å². The van der Waals surface area contributed by atoms with Gasteiger partial charge in [-0.15, -0.1) is 0 Å². The van der Waals surface area contributed by atoms with Crippen molar-refractivity contribution in [1.82, 2.24) is 0 Å². The monoisotopic (exact) mass is 170 g/mol. The maximum atomic E-state index is 5.51. The van der Waals surface area contributed by atoms with Crippen LogP contribution in [0.5, 0.6) is 0 Å². The first-order chi connectivity index (χ1) is 5.43. The Kier molecular flexibility index (Phi) is 4.37. The zero-order chi connectivity index (χ0) is 7.94. The molecule has 1 heteroatoms. The van der Waals surface area contributed by atoms with Crippen LogP contribution in [0.25, 0.3) is 0 Å². The van der Waals surface area contributed by atoms with E-state index >= 15 is 0 Å². The van der Waals surface area contributed by atoms with Crippen molar-refractivity contribution >= 4 is 11.6 Å². The van der Waals surface area contributed by atoms with Crippen molar-refractivity contribution in [1.29, 1.82) is 0 Å². The van der Waals surface area contributed by atoms with Gasteiger partial charge in [-0.3, -0.25) is 0 Å². The molecule has 0 aromatic rings. The zero-order valence-corrected chi connectivity index (χ0v) is 7.56. The second-order valence-corrected chi connectivity index (χ2v) is 3.30. The van der Waals surface area contributed by atoms with Crippen molar-refractivity contribution in [3.8, 4) is 0 Å². The normalized spacial score (nSPS) is 29.7. The number of rotatable bonds is 1. The highest BCUT2D eigenvalue weighted by Crippen LogP contribution is 2.17. The van der Waals surface area contributed by atoms with Gasteiger partial charge in [-0.1, -0.05) is 42.7 Å². The molecule has 0 aliphatic heterocycles. The third-order valence-electron chi connectivity index (χ3n) is 2.11. The molecule has 62 valence electrons. The van der Waals surface area contributed by atoms with Crippen LogP contribution in [0, 0.1) is 5.92 Å². The topological polar surface area (TPSA) is 0 Å². The van der Waals surface area contributed by atoms with Crippen molar-refractivity contribution < 1.29 is 0 Å². The van der Waals surface area contributed by atoms with Gasteiger partial charge < -0.3 is 0 Å². The predicted octanol–water partition coefficient (Wildman–Crippen LogP) is 3.88. The third kappa shape index (κ3) is 3.62. The second kappa shape index (κ2) is 5.42. The SMILES string of the molecule is Cl/C=C/C1/C=C\CCCCC1. The molecule has 0 bridgehead atoms. The van der Waals surface area contributed by atoms with Crippen molar-refractivity contribution in [2.24, 2.45) is 5.92 Å². The van der Waals surface area contributed by atoms with E-state index < -0.39 is 0 Å². The summed E-state index contributed by atoms with van der Waals surface area (Å²) in [6.07, 6.45) is 13.2. The summed E-state index contributed by atoms with van der Waals surface area (Å²) in [5.41, 5.74) is 1.64. The molecule has 0 spiro atoms. The van der Waals surface area contributed by atoms with Gasteiger partial charge in [-0.2, -0.15) is 0 Å². The quantitative estimate of drug-likeness (QED) is 0.524. The van der Waals surface area contributed by atoms with Crippen LogP contribution in [0.3, 0.4) is 0 Å². The van der Waals surface area contributed by atoms with Gasteiger partial charge in [0.25, 0.3) is 0 Å². The molecule has 0 aromatic carbocycles. The van der Waals surface area contributed by atoms with Crippen LogP contribution in [0.4, 0.5) is 0 Å². The van der Waals surface area contributed by atoms with Gasteiger partial charge in [0.2, 0.25) is 0 Å². The predicted molar refractivity (Wildman–Crippen MR) is 50.7 cm³/mol. The maximum Gasteiger partial charge on any atom is 0.000839 e. The minimum absolute atomic E-state index is 0.591. The number of hydrogen-bond acceptors (Lipinski definition) is 0. The molecule has 0 saturated carbocycles. The summed E-state index contributed by atoms with van der Waals surface area (Å²) in [6, 6.07) is 0. The van der Waals surface area contributed by atoms with Gasteiger partial charge in [0.1, 0.15) is 0 Å². The Morgan fingerprint density at radius 1 is 1.27 bits per heavy atom. The summed E-state index contributed by atoms with van der Waals surface area (Å²) in [7, 11) is 0. The van der Waals surface area contributed by atoms with Crippen LogP contribution in [0.2, 0.25) is 0 Å². The van der Waals surface area contributed by atoms with Gasteiger partial charge in [-0.05, 0) is 25.2 Å². The highest BCUT2D eigenvalue weighted by atomic mass is 35.5. The molecule has 1 aliphatic carbocycles. The van der Waals surface area contributed by atoms with E-state index in [1.54, 1.807) is 5.54 Å². The lowest BCUT2D eigenvalue weighted by atomic mass is 9.97. The van der Waals surface area contributed by atoms with Crippen LogP contribution >= 0.6 is 11.6 Å². The Bertz CT molecular complexity index is 147. The molecule has 0 saturated heterocycles. The van der Waals surface area contributed by atoms with E-state index in [-0.39, 0.29) is 0 Å². The third-order valence-corrected chi connectivity index (χ3v) is 2.26. The van der Waals surface area contributed by atoms with E-state index in [1.165, 1.54) is 32.1 Å². The molecule has 0 N–H and O–H groups in total. The van der Waals surface area contributed by atoms with Crippen LogP contribution < -0.4 is 0 Å². The maximum absolute atomic E-state index is 5.51. The fourth-order valence-electron chi connectivity index (χ4n) is 1.44. The fourth-order valence-corrected chi connectivity index (χ4v) is 1.63. The van der Waals surface area contributed by atoms with Gasteiger partial charge >= 0.3 is 0 Å². The summed E-state index contributed by atoms with van der Waals surface area (Å²) >= 11 is 5.51. The summed E-state index contributed by atoms with van der Waals surface area (Å²) in [6.45, 7) is 0. The molecule has 1 rings (SSSR count). The Balaban J connectivity index is 2.41. The second-order valence-electron chi connectivity index (χ2n) is 3.05. The van der Waals surface area contributed by atoms with Crippen molar-refractivity contribution in [2.45, 2.75) is 32.1 Å². The average molecular weight is 171 g/mol. The highest BCUT2D eigenvalue weighted by Gasteiger charge is 2.01. The molecule has 0 aromatic heterocycles. The molecule has 0 radical (unpaired) electrons. The Morgan fingerprint density at radius 2 is 2.18 bits per heavy atom. The summed E-state index contributed by atoms with van der Waals surface area (Å²) in [5, 5.41) is 0. The first-order valence-electron chi connectivity index (χ1n) is 4.37. The first-order valence-corrected chi connectivity index (χ1v) is 4.80.